The van der Waals surface area contributed by atoms with E-state index in [-0.39, 0.29) is 0 Å². The van der Waals surface area contributed by atoms with Gasteiger partial charge >= 0.3 is 0 Å². The minimum absolute atomic E-state index is 0.389. The van der Waals surface area contributed by atoms with Crippen molar-refractivity contribution in [1.82, 2.24) is 4.90 Å². The summed E-state index contributed by atoms with van der Waals surface area (Å²) in [7, 11) is 0. The van der Waals surface area contributed by atoms with Crippen molar-refractivity contribution in [2.45, 2.75) is 39.5 Å². The zero-order valence-electron chi connectivity index (χ0n) is 7.13. The molecule has 0 spiro atoms. The summed E-state index contributed by atoms with van der Waals surface area (Å²) in [6.45, 7) is 8.63. The monoisotopic (exact) mass is 143 g/mol. The molecule has 0 aromatic rings. The molecule has 0 aromatic heterocycles. The predicted octanol–water partition coefficient (Wildman–Crippen LogP) is 1.46. The Morgan fingerprint density at radius 2 is 2.30 bits per heavy atom. The lowest BCUT2D eigenvalue weighted by molar-refractivity contribution is 0.0171. The van der Waals surface area contributed by atoms with Crippen molar-refractivity contribution in [3.63, 3.8) is 0 Å². The van der Waals surface area contributed by atoms with Gasteiger partial charge in [-0.25, -0.2) is 0 Å². The van der Waals surface area contributed by atoms with Gasteiger partial charge < -0.3 is 4.74 Å². The molecule has 1 saturated heterocycles. The maximum atomic E-state index is 5.50. The van der Waals surface area contributed by atoms with Gasteiger partial charge in [0.25, 0.3) is 0 Å². The first-order chi connectivity index (χ1) is 4.75. The van der Waals surface area contributed by atoms with Gasteiger partial charge in [-0.3, -0.25) is 4.90 Å². The van der Waals surface area contributed by atoms with Crippen LogP contribution in [-0.2, 0) is 4.74 Å². The standard InChI is InChI=1S/C8H17NO/c1-4-8-9(7(2)3)5-6-10-8/h7-8H,4-6H2,1-3H3/t8-/m1/s1. The van der Waals surface area contributed by atoms with E-state index >= 15 is 0 Å². The molecular formula is C8H17NO. The molecule has 0 radical (unpaired) electrons. The summed E-state index contributed by atoms with van der Waals surface area (Å²) in [5, 5.41) is 0. The molecule has 0 aliphatic carbocycles. The third-order valence-electron chi connectivity index (χ3n) is 2.04. The molecule has 60 valence electrons. The van der Waals surface area contributed by atoms with E-state index in [4.69, 9.17) is 4.74 Å². The van der Waals surface area contributed by atoms with E-state index in [0.29, 0.717) is 12.3 Å². The number of ether oxygens (including phenoxy) is 1. The van der Waals surface area contributed by atoms with E-state index in [2.05, 4.69) is 25.7 Å². The first-order valence-electron chi connectivity index (χ1n) is 4.13. The van der Waals surface area contributed by atoms with Crippen LogP contribution in [0, 0.1) is 0 Å². The molecule has 10 heavy (non-hydrogen) atoms. The van der Waals surface area contributed by atoms with Gasteiger partial charge in [0.15, 0.2) is 0 Å². The number of hydrogen-bond donors (Lipinski definition) is 0. The molecular weight excluding hydrogens is 126 g/mol. The number of hydrogen-bond acceptors (Lipinski definition) is 2. The molecule has 0 N–H and O–H groups in total. The van der Waals surface area contributed by atoms with Gasteiger partial charge in [0.2, 0.25) is 0 Å². The summed E-state index contributed by atoms with van der Waals surface area (Å²) in [6, 6.07) is 0.632. The van der Waals surface area contributed by atoms with E-state index < -0.39 is 0 Å². The molecule has 0 saturated carbocycles. The third kappa shape index (κ3) is 1.50. The van der Waals surface area contributed by atoms with Crippen LogP contribution in [-0.4, -0.2) is 30.3 Å². The molecule has 1 aliphatic heterocycles. The average Bonchev–Trinajstić information content (AvgIpc) is 2.33. The fraction of sp³-hybridized carbons (Fsp3) is 1.00. The second kappa shape index (κ2) is 3.35. The maximum absolute atomic E-state index is 5.50. The van der Waals surface area contributed by atoms with Crippen molar-refractivity contribution < 1.29 is 4.74 Å². The highest BCUT2D eigenvalue weighted by atomic mass is 16.5. The average molecular weight is 143 g/mol. The van der Waals surface area contributed by atoms with Crippen molar-refractivity contribution in [3.05, 3.63) is 0 Å². The fourth-order valence-corrected chi connectivity index (χ4v) is 1.48. The van der Waals surface area contributed by atoms with Gasteiger partial charge in [0, 0.05) is 12.6 Å². The van der Waals surface area contributed by atoms with Crippen LogP contribution in [0.3, 0.4) is 0 Å². The van der Waals surface area contributed by atoms with Crippen LogP contribution in [0.15, 0.2) is 0 Å². The number of nitrogens with zero attached hydrogens (tertiary/aromatic N) is 1. The molecule has 2 nitrogen and oxygen atoms in total. The predicted molar refractivity (Wildman–Crippen MR) is 41.9 cm³/mol. The van der Waals surface area contributed by atoms with E-state index in [1.54, 1.807) is 0 Å². The molecule has 0 amide bonds. The van der Waals surface area contributed by atoms with Crippen LogP contribution in [0.25, 0.3) is 0 Å². The molecule has 0 bridgehead atoms. The highest BCUT2D eigenvalue weighted by Crippen LogP contribution is 2.15. The Morgan fingerprint density at radius 3 is 2.70 bits per heavy atom. The molecule has 1 rings (SSSR count). The first-order valence-corrected chi connectivity index (χ1v) is 4.13. The molecule has 1 atom stereocenters. The summed E-state index contributed by atoms with van der Waals surface area (Å²) < 4.78 is 5.50. The first kappa shape index (κ1) is 8.02. The Kier molecular flexibility index (Phi) is 2.69. The van der Waals surface area contributed by atoms with E-state index in [1.807, 2.05) is 0 Å². The maximum Gasteiger partial charge on any atom is 0.110 e. The molecule has 1 heterocycles. The van der Waals surface area contributed by atoms with Crippen molar-refractivity contribution in [1.29, 1.82) is 0 Å². The summed E-state index contributed by atoms with van der Waals surface area (Å²) >= 11 is 0. The lowest BCUT2D eigenvalue weighted by Crippen LogP contribution is -2.35. The molecule has 0 aromatic carbocycles. The van der Waals surface area contributed by atoms with Crippen LogP contribution >= 0.6 is 0 Å². The normalized spacial score (nSPS) is 28.2. The van der Waals surface area contributed by atoms with Gasteiger partial charge in [-0.05, 0) is 20.3 Å². The van der Waals surface area contributed by atoms with Crippen LogP contribution < -0.4 is 0 Å². The SMILES string of the molecule is CC[C@H]1OCCN1C(C)C. The zero-order valence-corrected chi connectivity index (χ0v) is 7.13. The van der Waals surface area contributed by atoms with Crippen LogP contribution in [0.1, 0.15) is 27.2 Å². The van der Waals surface area contributed by atoms with Crippen LogP contribution in [0.5, 0.6) is 0 Å². The molecule has 2 heteroatoms. The summed E-state index contributed by atoms with van der Waals surface area (Å²) in [5.74, 6) is 0. The van der Waals surface area contributed by atoms with Crippen molar-refractivity contribution >= 4 is 0 Å². The summed E-state index contributed by atoms with van der Waals surface area (Å²) in [5.41, 5.74) is 0. The smallest absolute Gasteiger partial charge is 0.110 e. The zero-order chi connectivity index (χ0) is 7.56. The Bertz CT molecular complexity index is 103. The Hall–Kier alpha value is -0.0800. The Balaban J connectivity index is 2.42. The third-order valence-corrected chi connectivity index (χ3v) is 2.04. The second-order valence-corrected chi connectivity index (χ2v) is 3.07. The van der Waals surface area contributed by atoms with E-state index in [1.165, 1.54) is 0 Å². The number of rotatable bonds is 2. The lowest BCUT2D eigenvalue weighted by Gasteiger charge is -2.25. The lowest BCUT2D eigenvalue weighted by atomic mass is 10.3. The van der Waals surface area contributed by atoms with Crippen LogP contribution in [0.2, 0.25) is 0 Å². The van der Waals surface area contributed by atoms with Crippen LogP contribution in [0.4, 0.5) is 0 Å². The van der Waals surface area contributed by atoms with Gasteiger partial charge in [-0.15, -0.1) is 0 Å². The largest absolute Gasteiger partial charge is 0.362 e. The van der Waals surface area contributed by atoms with Gasteiger partial charge in [-0.1, -0.05) is 6.92 Å². The topological polar surface area (TPSA) is 12.5 Å². The van der Waals surface area contributed by atoms with E-state index in [9.17, 15) is 0 Å². The van der Waals surface area contributed by atoms with Gasteiger partial charge in [0.1, 0.15) is 6.23 Å². The summed E-state index contributed by atoms with van der Waals surface area (Å²) in [4.78, 5) is 2.40. The van der Waals surface area contributed by atoms with Gasteiger partial charge in [0.05, 0.1) is 6.61 Å². The van der Waals surface area contributed by atoms with Crippen molar-refractivity contribution in [2.24, 2.45) is 0 Å². The Labute approximate surface area is 63.2 Å². The van der Waals surface area contributed by atoms with Crippen molar-refractivity contribution in [3.8, 4) is 0 Å². The molecule has 0 unspecified atom stereocenters. The van der Waals surface area contributed by atoms with Gasteiger partial charge in [-0.2, -0.15) is 0 Å². The molecule has 1 aliphatic rings. The Morgan fingerprint density at radius 1 is 1.60 bits per heavy atom. The minimum Gasteiger partial charge on any atom is -0.362 e. The highest BCUT2D eigenvalue weighted by Gasteiger charge is 2.24. The summed E-state index contributed by atoms with van der Waals surface area (Å²) in [6.07, 6.45) is 1.50. The highest BCUT2D eigenvalue weighted by molar-refractivity contribution is 4.71. The minimum atomic E-state index is 0.389. The quantitative estimate of drug-likeness (QED) is 0.580. The fourth-order valence-electron chi connectivity index (χ4n) is 1.48. The molecule has 1 fully saturated rings. The second-order valence-electron chi connectivity index (χ2n) is 3.07. The van der Waals surface area contributed by atoms with E-state index in [0.717, 1.165) is 19.6 Å². The van der Waals surface area contributed by atoms with Crippen molar-refractivity contribution in [2.75, 3.05) is 13.2 Å².